The summed E-state index contributed by atoms with van der Waals surface area (Å²) in [5, 5.41) is 13.6. The third kappa shape index (κ3) is 38.7. The van der Waals surface area contributed by atoms with Crippen LogP contribution in [0.1, 0.15) is 181 Å². The Morgan fingerprint density at radius 3 is 1.57 bits per heavy atom. The van der Waals surface area contributed by atoms with E-state index in [1.807, 2.05) is 27.2 Å². The predicted octanol–water partition coefficient (Wildman–Crippen LogP) is 12.1. The van der Waals surface area contributed by atoms with Gasteiger partial charge in [0.1, 0.15) is 13.2 Å². The minimum absolute atomic E-state index is 0.0589. The molecule has 0 radical (unpaired) electrons. The van der Waals surface area contributed by atoms with Crippen LogP contribution in [-0.4, -0.2) is 73.4 Å². The van der Waals surface area contributed by atoms with E-state index in [0.717, 1.165) is 57.8 Å². The maximum atomic E-state index is 12.7. The van der Waals surface area contributed by atoms with Gasteiger partial charge in [-0.3, -0.25) is 13.8 Å². The topological polar surface area (TPSA) is 105 Å². The van der Waals surface area contributed by atoms with Crippen molar-refractivity contribution in [3.63, 3.8) is 0 Å². The van der Waals surface area contributed by atoms with Crippen molar-refractivity contribution in [3.8, 4) is 0 Å². The molecule has 0 aromatic heterocycles. The van der Waals surface area contributed by atoms with Gasteiger partial charge in [0.15, 0.2) is 0 Å². The summed E-state index contributed by atoms with van der Waals surface area (Å²) in [4.78, 5) is 22.9. The van der Waals surface area contributed by atoms with Gasteiger partial charge in [0.25, 0.3) is 0 Å². The molecule has 8 nitrogen and oxygen atoms in total. The van der Waals surface area contributed by atoms with Crippen molar-refractivity contribution in [1.82, 2.24) is 5.32 Å². The molecular weight excluding hydrogens is 695 g/mol. The number of nitrogens with one attached hydrogen (secondary N) is 1. The highest BCUT2D eigenvalue weighted by Crippen LogP contribution is 2.43. The van der Waals surface area contributed by atoms with E-state index in [1.54, 1.807) is 6.08 Å². The number of hydrogen-bond acceptors (Lipinski definition) is 5. The SMILES string of the molecule is CCCCC/C=C/C(O)C(COP(=O)(O)OCC[N+](C)(C)C)NC(=O)CCCCCCCCCCCCCC/C=C\C/C=C\C/C=C\CCCCCCC. The highest BCUT2D eigenvalue weighted by Gasteiger charge is 2.27. The number of phosphoric acid groups is 1. The summed E-state index contributed by atoms with van der Waals surface area (Å²) in [5.74, 6) is -0.189. The van der Waals surface area contributed by atoms with Crippen LogP contribution in [0.15, 0.2) is 48.6 Å². The Balaban J connectivity index is 4.00. The normalized spacial score (nSPS) is 14.9. The van der Waals surface area contributed by atoms with E-state index in [4.69, 9.17) is 9.05 Å². The number of aliphatic hydroxyl groups is 1. The summed E-state index contributed by atoms with van der Waals surface area (Å²) in [7, 11) is 1.56. The first kappa shape index (κ1) is 52.5. The van der Waals surface area contributed by atoms with Gasteiger partial charge in [0.2, 0.25) is 5.91 Å². The van der Waals surface area contributed by atoms with Gasteiger partial charge < -0.3 is 19.8 Å². The molecule has 0 aromatic rings. The van der Waals surface area contributed by atoms with Crippen molar-refractivity contribution < 1.29 is 32.9 Å². The molecule has 0 bridgehead atoms. The third-order valence-corrected chi connectivity index (χ3v) is 10.5. The van der Waals surface area contributed by atoms with Gasteiger partial charge in [0.05, 0.1) is 39.9 Å². The maximum Gasteiger partial charge on any atom is 0.472 e. The zero-order valence-corrected chi connectivity index (χ0v) is 36.6. The minimum atomic E-state index is -4.32. The van der Waals surface area contributed by atoms with Gasteiger partial charge in [-0.1, -0.05) is 165 Å². The van der Waals surface area contributed by atoms with Crippen LogP contribution in [0, 0.1) is 0 Å². The van der Waals surface area contributed by atoms with E-state index in [1.165, 1.54) is 103 Å². The monoisotopic (exact) mass is 782 g/mol. The number of rotatable bonds is 39. The number of aliphatic hydroxyl groups excluding tert-OH is 1. The molecule has 0 spiro atoms. The van der Waals surface area contributed by atoms with E-state index >= 15 is 0 Å². The number of carbonyl (C=O) groups excluding carboxylic acids is 1. The zero-order valence-electron chi connectivity index (χ0n) is 35.7. The summed E-state index contributed by atoms with van der Waals surface area (Å²) in [5.41, 5.74) is 0. The van der Waals surface area contributed by atoms with Crippen molar-refractivity contribution in [2.75, 3.05) is 40.9 Å². The molecule has 0 saturated heterocycles. The maximum absolute atomic E-state index is 12.7. The second-order valence-electron chi connectivity index (χ2n) is 16.1. The fourth-order valence-electron chi connectivity index (χ4n) is 5.99. The quantitative estimate of drug-likeness (QED) is 0.0248. The molecular formula is C45H86N2O6P+. The molecule has 9 heteroatoms. The van der Waals surface area contributed by atoms with Gasteiger partial charge in [-0.2, -0.15) is 0 Å². The van der Waals surface area contributed by atoms with Crippen LogP contribution in [0.25, 0.3) is 0 Å². The van der Waals surface area contributed by atoms with E-state index in [9.17, 15) is 19.4 Å². The molecule has 0 aliphatic carbocycles. The molecule has 3 atom stereocenters. The number of unbranched alkanes of at least 4 members (excludes halogenated alkanes) is 20. The van der Waals surface area contributed by atoms with Crippen LogP contribution < -0.4 is 5.32 Å². The molecule has 3 N–H and O–H groups in total. The van der Waals surface area contributed by atoms with E-state index < -0.39 is 20.0 Å². The van der Waals surface area contributed by atoms with Crippen LogP contribution in [-0.2, 0) is 18.4 Å². The average molecular weight is 782 g/mol. The molecule has 0 aromatic carbocycles. The fraction of sp³-hybridized carbons (Fsp3) is 0.800. The molecule has 3 unspecified atom stereocenters. The van der Waals surface area contributed by atoms with Gasteiger partial charge in [0, 0.05) is 6.42 Å². The molecule has 0 saturated carbocycles. The minimum Gasteiger partial charge on any atom is -0.387 e. The van der Waals surface area contributed by atoms with Gasteiger partial charge in [-0.25, -0.2) is 4.57 Å². The Kier molecular flexibility index (Phi) is 36.0. The van der Waals surface area contributed by atoms with Crippen LogP contribution in [0.2, 0.25) is 0 Å². The van der Waals surface area contributed by atoms with Crippen LogP contribution in [0.4, 0.5) is 0 Å². The lowest BCUT2D eigenvalue weighted by molar-refractivity contribution is -0.870. The van der Waals surface area contributed by atoms with Crippen molar-refractivity contribution in [2.45, 2.75) is 193 Å². The van der Waals surface area contributed by atoms with Crippen molar-refractivity contribution in [2.24, 2.45) is 0 Å². The number of allylic oxidation sites excluding steroid dienone is 7. The number of phosphoric ester groups is 1. The van der Waals surface area contributed by atoms with Crippen LogP contribution in [0.5, 0.6) is 0 Å². The number of amides is 1. The predicted molar refractivity (Wildman–Crippen MR) is 231 cm³/mol. The number of likely N-dealkylation sites (N-methyl/N-ethyl adjacent to an activating group) is 1. The molecule has 0 fully saturated rings. The number of carbonyl (C=O) groups is 1. The summed E-state index contributed by atoms with van der Waals surface area (Å²) in [6, 6.07) is -0.844. The second-order valence-corrected chi connectivity index (χ2v) is 17.5. The average Bonchev–Trinajstić information content (AvgIpc) is 3.12. The highest BCUT2D eigenvalue weighted by atomic mass is 31.2. The largest absolute Gasteiger partial charge is 0.472 e. The smallest absolute Gasteiger partial charge is 0.387 e. The Bertz CT molecular complexity index is 1020. The number of quaternary nitrogens is 1. The van der Waals surface area contributed by atoms with E-state index in [2.05, 4.69) is 55.6 Å². The summed E-state index contributed by atoms with van der Waals surface area (Å²) < 4.78 is 23.3. The third-order valence-electron chi connectivity index (χ3n) is 9.54. The van der Waals surface area contributed by atoms with Gasteiger partial charge in [-0.05, 0) is 57.8 Å². The molecule has 54 heavy (non-hydrogen) atoms. The Labute approximate surface area is 333 Å². The van der Waals surface area contributed by atoms with Gasteiger partial charge in [-0.15, -0.1) is 0 Å². The lowest BCUT2D eigenvalue weighted by atomic mass is 10.0. The highest BCUT2D eigenvalue weighted by molar-refractivity contribution is 7.47. The first-order valence-corrected chi connectivity index (χ1v) is 23.5. The second kappa shape index (κ2) is 37.1. The molecule has 0 aliphatic rings. The fourth-order valence-corrected chi connectivity index (χ4v) is 6.72. The summed E-state index contributed by atoms with van der Waals surface area (Å²) in [6.45, 7) is 4.67. The number of nitrogens with zero attached hydrogens (tertiary/aromatic N) is 1. The lowest BCUT2D eigenvalue weighted by Crippen LogP contribution is -2.45. The molecule has 316 valence electrons. The summed E-state index contributed by atoms with van der Waals surface area (Å²) >= 11 is 0. The molecule has 0 heterocycles. The first-order chi connectivity index (χ1) is 26.0. The number of hydrogen-bond donors (Lipinski definition) is 3. The first-order valence-electron chi connectivity index (χ1n) is 22.0. The molecule has 0 rings (SSSR count). The van der Waals surface area contributed by atoms with Crippen molar-refractivity contribution in [3.05, 3.63) is 48.6 Å². The van der Waals surface area contributed by atoms with Gasteiger partial charge >= 0.3 is 7.82 Å². The lowest BCUT2D eigenvalue weighted by Gasteiger charge is -2.25. The van der Waals surface area contributed by atoms with Crippen LogP contribution >= 0.6 is 7.82 Å². The molecule has 1 amide bonds. The molecule has 0 aliphatic heterocycles. The zero-order chi connectivity index (χ0) is 40.0. The van der Waals surface area contributed by atoms with E-state index in [0.29, 0.717) is 17.4 Å². The van der Waals surface area contributed by atoms with Crippen molar-refractivity contribution >= 4 is 13.7 Å². The van der Waals surface area contributed by atoms with Crippen LogP contribution in [0.3, 0.4) is 0 Å². The Hall–Kier alpha value is -1.54. The Morgan fingerprint density at radius 1 is 0.630 bits per heavy atom. The Morgan fingerprint density at radius 2 is 1.06 bits per heavy atom. The summed E-state index contributed by atoms with van der Waals surface area (Å²) in [6.07, 6.45) is 46.6. The van der Waals surface area contributed by atoms with Crippen molar-refractivity contribution in [1.29, 1.82) is 0 Å². The standard InChI is InChI=1S/C45H85N2O6P/c1-6-8-10-12-13-14-15-16-17-18-19-20-21-22-23-24-25-26-27-28-29-30-31-32-33-35-37-39-45(49)46-43(44(48)38-36-34-11-9-7-2)42-53-54(50,51)52-41-40-47(3,4)5/h15-16,18-19,21-22,36,38,43-44,48H,6-14,17,20,23-35,37,39-42H2,1-5H3,(H-,46,49,50,51)/p+1/b16-15-,19-18-,22-21-,38-36+. The van der Waals surface area contributed by atoms with E-state index in [-0.39, 0.29) is 19.1 Å².